The maximum atomic E-state index is 11.7. The highest BCUT2D eigenvalue weighted by Gasteiger charge is 2.29. The maximum absolute atomic E-state index is 11.7. The maximum Gasteiger partial charge on any atom is 0.203 e. The van der Waals surface area contributed by atoms with Crippen LogP contribution in [0.4, 0.5) is 0 Å². The summed E-state index contributed by atoms with van der Waals surface area (Å²) in [5.41, 5.74) is -0.212. The fourth-order valence-electron chi connectivity index (χ4n) is 1.64. The number of carbonyl (C=O) groups excluding carboxylic acids is 1. The Bertz CT molecular complexity index is 245. The van der Waals surface area contributed by atoms with Crippen LogP contribution < -0.4 is 0 Å². The van der Waals surface area contributed by atoms with Crippen molar-refractivity contribution in [3.8, 4) is 0 Å². The molecule has 0 atom stereocenters. The molecule has 0 unspecified atom stereocenters. The Morgan fingerprint density at radius 2 is 1.76 bits per heavy atom. The van der Waals surface area contributed by atoms with E-state index in [1.807, 2.05) is 20.7 Å². The van der Waals surface area contributed by atoms with Gasteiger partial charge in [0.15, 0.2) is 0 Å². The Morgan fingerprint density at radius 1 is 1.24 bits per heavy atom. The Kier molecular flexibility index (Phi) is 6.46. The van der Waals surface area contributed by atoms with Crippen LogP contribution in [0.5, 0.6) is 0 Å². The molecule has 0 aliphatic heterocycles. The first kappa shape index (κ1) is 16.7. The Morgan fingerprint density at radius 3 is 2.18 bits per heavy atom. The van der Waals surface area contributed by atoms with Crippen molar-refractivity contribution in [1.82, 2.24) is 0 Å². The van der Waals surface area contributed by atoms with Gasteiger partial charge in [-0.3, -0.25) is 0 Å². The molecule has 0 rings (SSSR count). The predicted molar refractivity (Wildman–Crippen MR) is 75.9 cm³/mol. The van der Waals surface area contributed by atoms with Crippen molar-refractivity contribution in [3.05, 3.63) is 0 Å². The first-order chi connectivity index (χ1) is 7.60. The molecule has 0 aromatic heterocycles. The normalized spacial score (nSPS) is 12.9. The second-order valence-electron chi connectivity index (χ2n) is 6.64. The standard InChI is InChI=1S/C14H29BO2/c1-11(2)8-9-14(5,6)17-10-13(3,4)12(16)15-7/h11,15H,8-10H2,1-7H3. The monoisotopic (exact) mass is 240 g/mol. The van der Waals surface area contributed by atoms with Gasteiger partial charge in [-0.2, -0.15) is 0 Å². The SMILES string of the molecule is CBC(=O)C(C)(C)COC(C)(C)CCC(C)C. The molecule has 0 bridgehead atoms. The molecule has 100 valence electrons. The van der Waals surface area contributed by atoms with E-state index in [1.54, 1.807) is 0 Å². The molecule has 0 fully saturated rings. The van der Waals surface area contributed by atoms with Crippen LogP contribution in [-0.2, 0) is 9.53 Å². The van der Waals surface area contributed by atoms with Gasteiger partial charge in [0, 0.05) is 5.41 Å². The van der Waals surface area contributed by atoms with E-state index in [2.05, 4.69) is 27.7 Å². The second-order valence-corrected chi connectivity index (χ2v) is 6.64. The van der Waals surface area contributed by atoms with Crippen molar-refractivity contribution >= 4 is 13.0 Å². The van der Waals surface area contributed by atoms with E-state index < -0.39 is 0 Å². The third-order valence-corrected chi connectivity index (χ3v) is 3.22. The first-order valence-corrected chi connectivity index (χ1v) is 6.78. The van der Waals surface area contributed by atoms with Gasteiger partial charge in [0.2, 0.25) is 7.28 Å². The Labute approximate surface area is 108 Å². The van der Waals surface area contributed by atoms with E-state index >= 15 is 0 Å². The number of hydrogen-bond acceptors (Lipinski definition) is 2. The summed E-state index contributed by atoms with van der Waals surface area (Å²) in [5, 5.41) is 0. The van der Waals surface area contributed by atoms with Crippen molar-refractivity contribution in [2.24, 2.45) is 11.3 Å². The summed E-state index contributed by atoms with van der Waals surface area (Å²) in [6, 6.07) is 0. The minimum absolute atomic E-state index is 0.129. The first-order valence-electron chi connectivity index (χ1n) is 6.78. The predicted octanol–water partition coefficient (Wildman–Crippen LogP) is 3.26. The van der Waals surface area contributed by atoms with Crippen LogP contribution in [0.15, 0.2) is 0 Å². The number of ether oxygens (including phenoxy) is 1. The summed E-state index contributed by atoms with van der Waals surface area (Å²) in [5.74, 6) is 0.697. The molecule has 0 heterocycles. The highest BCUT2D eigenvalue weighted by molar-refractivity contribution is 6.73. The van der Waals surface area contributed by atoms with Crippen LogP contribution in [0.2, 0.25) is 6.82 Å². The molecule has 0 saturated heterocycles. The lowest BCUT2D eigenvalue weighted by Gasteiger charge is -2.31. The fourth-order valence-corrected chi connectivity index (χ4v) is 1.64. The second kappa shape index (κ2) is 6.58. The average molecular weight is 240 g/mol. The van der Waals surface area contributed by atoms with Crippen LogP contribution >= 0.6 is 0 Å². The van der Waals surface area contributed by atoms with E-state index in [-0.39, 0.29) is 16.7 Å². The molecule has 0 aromatic rings. The lowest BCUT2D eigenvalue weighted by atomic mass is 9.65. The van der Waals surface area contributed by atoms with Gasteiger partial charge in [-0.05, 0) is 32.6 Å². The van der Waals surface area contributed by atoms with Crippen LogP contribution in [0, 0.1) is 11.3 Å². The molecule has 2 nitrogen and oxygen atoms in total. The molecular weight excluding hydrogens is 211 g/mol. The summed E-state index contributed by atoms with van der Waals surface area (Å²) in [6.07, 6.45) is 2.20. The largest absolute Gasteiger partial charge is 0.375 e. The van der Waals surface area contributed by atoms with Gasteiger partial charge >= 0.3 is 0 Å². The third-order valence-electron chi connectivity index (χ3n) is 3.22. The van der Waals surface area contributed by atoms with E-state index in [1.165, 1.54) is 0 Å². The summed E-state index contributed by atoms with van der Waals surface area (Å²) in [7, 11) is 0.586. The van der Waals surface area contributed by atoms with Gasteiger partial charge in [0.25, 0.3) is 0 Å². The van der Waals surface area contributed by atoms with Crippen molar-refractivity contribution < 1.29 is 9.53 Å². The molecule has 0 aromatic carbocycles. The zero-order valence-electron chi connectivity index (χ0n) is 12.7. The quantitative estimate of drug-likeness (QED) is 0.609. The zero-order chi connectivity index (χ0) is 13.7. The van der Waals surface area contributed by atoms with Crippen molar-refractivity contribution in [1.29, 1.82) is 0 Å². The molecule has 0 aliphatic carbocycles. The molecule has 0 amide bonds. The molecule has 0 N–H and O–H groups in total. The average Bonchev–Trinajstić information content (AvgIpc) is 2.23. The number of rotatable bonds is 8. The van der Waals surface area contributed by atoms with E-state index in [4.69, 9.17) is 4.74 Å². The van der Waals surface area contributed by atoms with Gasteiger partial charge in [-0.25, -0.2) is 0 Å². The fraction of sp³-hybridized carbons (Fsp3) is 0.929. The van der Waals surface area contributed by atoms with Crippen molar-refractivity contribution in [3.63, 3.8) is 0 Å². The third kappa shape index (κ3) is 6.87. The van der Waals surface area contributed by atoms with Gasteiger partial charge in [0.05, 0.1) is 17.9 Å². The van der Waals surface area contributed by atoms with Crippen LogP contribution in [0.3, 0.4) is 0 Å². The molecule has 0 aliphatic rings. The molecule has 0 spiro atoms. The summed E-state index contributed by atoms with van der Waals surface area (Å²) in [4.78, 5) is 11.7. The Hall–Kier alpha value is -0.305. The minimum Gasteiger partial charge on any atom is -0.375 e. The molecule has 3 heteroatoms. The highest BCUT2D eigenvalue weighted by Crippen LogP contribution is 2.25. The Balaban J connectivity index is 4.20. The molecule has 17 heavy (non-hydrogen) atoms. The van der Waals surface area contributed by atoms with Gasteiger partial charge in [-0.1, -0.05) is 34.5 Å². The summed E-state index contributed by atoms with van der Waals surface area (Å²) >= 11 is 0. The van der Waals surface area contributed by atoms with E-state index in [9.17, 15) is 4.79 Å². The molecule has 0 saturated carbocycles. The van der Waals surface area contributed by atoms with Gasteiger partial charge < -0.3 is 9.53 Å². The highest BCUT2D eigenvalue weighted by atomic mass is 16.5. The van der Waals surface area contributed by atoms with Crippen molar-refractivity contribution in [2.75, 3.05) is 6.61 Å². The van der Waals surface area contributed by atoms with Crippen LogP contribution in [0.1, 0.15) is 54.4 Å². The number of carbonyl (C=O) groups is 1. The topological polar surface area (TPSA) is 26.3 Å². The zero-order valence-corrected chi connectivity index (χ0v) is 12.7. The lowest BCUT2D eigenvalue weighted by Crippen LogP contribution is -2.37. The van der Waals surface area contributed by atoms with Crippen molar-refractivity contribution in [2.45, 2.75) is 66.8 Å². The number of hydrogen-bond donors (Lipinski definition) is 0. The summed E-state index contributed by atoms with van der Waals surface area (Å²) in [6.45, 7) is 15.0. The molecule has 0 radical (unpaired) electrons. The van der Waals surface area contributed by atoms with Gasteiger partial charge in [-0.15, -0.1) is 0 Å². The minimum atomic E-state index is -0.357. The smallest absolute Gasteiger partial charge is 0.203 e. The van der Waals surface area contributed by atoms with Gasteiger partial charge in [0.1, 0.15) is 0 Å². The van der Waals surface area contributed by atoms with E-state index in [0.29, 0.717) is 19.8 Å². The molecular formula is C14H29BO2. The summed E-state index contributed by atoms with van der Waals surface area (Å²) < 4.78 is 5.95. The van der Waals surface area contributed by atoms with Crippen LogP contribution in [-0.4, -0.2) is 25.2 Å². The van der Waals surface area contributed by atoms with E-state index in [0.717, 1.165) is 12.8 Å². The lowest BCUT2D eigenvalue weighted by molar-refractivity contribution is -0.127. The van der Waals surface area contributed by atoms with Crippen LogP contribution in [0.25, 0.3) is 0 Å².